The third kappa shape index (κ3) is 2.51. The van der Waals surface area contributed by atoms with Crippen molar-refractivity contribution in [1.29, 1.82) is 0 Å². The van der Waals surface area contributed by atoms with Crippen LogP contribution in [0.5, 0.6) is 0 Å². The Hall–Kier alpha value is -1.08. The molecule has 0 aliphatic rings. The maximum absolute atomic E-state index is 6.09. The summed E-state index contributed by atoms with van der Waals surface area (Å²) in [5, 5.41) is 3.32. The van der Waals surface area contributed by atoms with E-state index in [1.54, 1.807) is 0 Å². The van der Waals surface area contributed by atoms with Gasteiger partial charge in [-0.2, -0.15) is 0 Å². The number of aromatic nitrogens is 1. The van der Waals surface area contributed by atoms with Gasteiger partial charge in [0.2, 0.25) is 0 Å². The number of fused-ring (bicyclic) bond motifs is 1. The molecule has 1 nitrogen and oxygen atoms in total. The minimum atomic E-state index is 0.790. The van der Waals surface area contributed by atoms with Crippen LogP contribution >= 0.6 is 11.6 Å². The van der Waals surface area contributed by atoms with E-state index < -0.39 is 0 Å². The zero-order valence-electron chi connectivity index (χ0n) is 11.4. The summed E-state index contributed by atoms with van der Waals surface area (Å²) in [4.78, 5) is 4.79. The van der Waals surface area contributed by atoms with Crippen LogP contribution in [0.3, 0.4) is 0 Å². The summed E-state index contributed by atoms with van der Waals surface area (Å²) >= 11 is 6.09. The first-order valence-electron chi connectivity index (χ1n) is 6.75. The molecule has 96 valence electrons. The summed E-state index contributed by atoms with van der Waals surface area (Å²) in [5.74, 6) is 0. The van der Waals surface area contributed by atoms with Crippen LogP contribution in [0, 0.1) is 6.92 Å². The molecule has 0 saturated carbocycles. The lowest BCUT2D eigenvalue weighted by Gasteiger charge is -2.13. The van der Waals surface area contributed by atoms with Crippen molar-refractivity contribution in [3.8, 4) is 0 Å². The standard InChI is InChI=1S/C16H20ClN/c1-4-6-14-13-9-8-12(17)10-15(13)11(3)18-16(14)7-5-2/h8-10H,4-7H2,1-3H3. The van der Waals surface area contributed by atoms with E-state index in [-0.39, 0.29) is 0 Å². The van der Waals surface area contributed by atoms with E-state index in [1.807, 2.05) is 12.1 Å². The molecular weight excluding hydrogens is 242 g/mol. The van der Waals surface area contributed by atoms with Crippen LogP contribution in [0.15, 0.2) is 18.2 Å². The van der Waals surface area contributed by atoms with Crippen LogP contribution in [0.4, 0.5) is 0 Å². The molecular formula is C16H20ClN. The van der Waals surface area contributed by atoms with Crippen molar-refractivity contribution in [1.82, 2.24) is 4.98 Å². The van der Waals surface area contributed by atoms with Gasteiger partial charge in [-0.1, -0.05) is 44.4 Å². The molecule has 0 amide bonds. The number of halogens is 1. The molecule has 0 saturated heterocycles. The Morgan fingerprint density at radius 1 is 1.06 bits per heavy atom. The topological polar surface area (TPSA) is 12.9 Å². The van der Waals surface area contributed by atoms with Crippen LogP contribution in [0.25, 0.3) is 10.8 Å². The summed E-state index contributed by atoms with van der Waals surface area (Å²) in [6.45, 7) is 6.50. The predicted octanol–water partition coefficient (Wildman–Crippen LogP) is 5.10. The largest absolute Gasteiger partial charge is 0.257 e. The second-order valence-corrected chi connectivity index (χ2v) is 5.25. The van der Waals surface area contributed by atoms with Gasteiger partial charge in [0.1, 0.15) is 0 Å². The van der Waals surface area contributed by atoms with Crippen molar-refractivity contribution in [3.05, 3.63) is 40.2 Å². The highest BCUT2D eigenvalue weighted by molar-refractivity contribution is 6.31. The lowest BCUT2D eigenvalue weighted by molar-refractivity contribution is 0.831. The SMILES string of the molecule is CCCc1nc(C)c2cc(Cl)ccc2c1CCC. The van der Waals surface area contributed by atoms with E-state index in [0.717, 1.165) is 36.4 Å². The highest BCUT2D eigenvalue weighted by atomic mass is 35.5. The molecule has 0 radical (unpaired) electrons. The molecule has 18 heavy (non-hydrogen) atoms. The van der Waals surface area contributed by atoms with Gasteiger partial charge in [-0.15, -0.1) is 0 Å². The van der Waals surface area contributed by atoms with E-state index in [1.165, 1.54) is 22.0 Å². The number of benzene rings is 1. The number of nitrogens with zero attached hydrogens (tertiary/aromatic N) is 1. The van der Waals surface area contributed by atoms with Gasteiger partial charge in [0.15, 0.2) is 0 Å². The average molecular weight is 262 g/mol. The highest BCUT2D eigenvalue weighted by Crippen LogP contribution is 2.28. The van der Waals surface area contributed by atoms with Crippen molar-refractivity contribution in [2.24, 2.45) is 0 Å². The first-order chi connectivity index (χ1) is 8.67. The Balaban J connectivity index is 2.71. The maximum Gasteiger partial charge on any atom is 0.0455 e. The fourth-order valence-corrected chi connectivity index (χ4v) is 2.71. The first-order valence-corrected chi connectivity index (χ1v) is 7.12. The molecule has 0 atom stereocenters. The van der Waals surface area contributed by atoms with Gasteiger partial charge < -0.3 is 0 Å². The highest BCUT2D eigenvalue weighted by Gasteiger charge is 2.11. The molecule has 0 unspecified atom stereocenters. The maximum atomic E-state index is 6.09. The van der Waals surface area contributed by atoms with Crippen molar-refractivity contribution >= 4 is 22.4 Å². The number of hydrogen-bond acceptors (Lipinski definition) is 1. The number of rotatable bonds is 4. The molecule has 0 spiro atoms. The van der Waals surface area contributed by atoms with Gasteiger partial charge in [0.05, 0.1) is 0 Å². The summed E-state index contributed by atoms with van der Waals surface area (Å²) in [7, 11) is 0. The van der Waals surface area contributed by atoms with E-state index in [2.05, 4.69) is 26.8 Å². The molecule has 0 aliphatic carbocycles. The van der Waals surface area contributed by atoms with Crippen LogP contribution in [-0.2, 0) is 12.8 Å². The van der Waals surface area contributed by atoms with Crippen molar-refractivity contribution in [2.45, 2.75) is 46.5 Å². The predicted molar refractivity (Wildman–Crippen MR) is 79.5 cm³/mol. The fraction of sp³-hybridized carbons (Fsp3) is 0.438. The van der Waals surface area contributed by atoms with Crippen LogP contribution in [0.1, 0.15) is 43.6 Å². The van der Waals surface area contributed by atoms with E-state index >= 15 is 0 Å². The molecule has 0 bridgehead atoms. The summed E-state index contributed by atoms with van der Waals surface area (Å²) in [5.41, 5.74) is 3.78. The molecule has 1 heterocycles. The molecule has 2 rings (SSSR count). The van der Waals surface area contributed by atoms with Gasteiger partial charge >= 0.3 is 0 Å². The number of hydrogen-bond donors (Lipinski definition) is 0. The molecule has 0 aliphatic heterocycles. The Kier molecular flexibility index (Phi) is 4.23. The Morgan fingerprint density at radius 3 is 2.44 bits per heavy atom. The molecule has 1 aromatic carbocycles. The third-order valence-corrected chi connectivity index (χ3v) is 3.57. The minimum Gasteiger partial charge on any atom is -0.257 e. The van der Waals surface area contributed by atoms with E-state index in [4.69, 9.17) is 16.6 Å². The summed E-state index contributed by atoms with van der Waals surface area (Å²) in [6.07, 6.45) is 4.46. The van der Waals surface area contributed by atoms with E-state index in [0.29, 0.717) is 0 Å². The van der Waals surface area contributed by atoms with Crippen molar-refractivity contribution in [2.75, 3.05) is 0 Å². The summed E-state index contributed by atoms with van der Waals surface area (Å²) < 4.78 is 0. The van der Waals surface area contributed by atoms with Gasteiger partial charge in [0, 0.05) is 21.8 Å². The normalized spacial score (nSPS) is 11.1. The quantitative estimate of drug-likeness (QED) is 0.746. The van der Waals surface area contributed by atoms with Gasteiger partial charge in [-0.25, -0.2) is 0 Å². The Morgan fingerprint density at radius 2 is 1.78 bits per heavy atom. The smallest absolute Gasteiger partial charge is 0.0455 e. The molecule has 0 fully saturated rings. The molecule has 2 aromatic rings. The Labute approximate surface area is 114 Å². The van der Waals surface area contributed by atoms with Gasteiger partial charge in [0.25, 0.3) is 0 Å². The van der Waals surface area contributed by atoms with E-state index in [9.17, 15) is 0 Å². The second kappa shape index (κ2) is 5.71. The minimum absolute atomic E-state index is 0.790. The molecule has 0 N–H and O–H groups in total. The van der Waals surface area contributed by atoms with Crippen LogP contribution in [0.2, 0.25) is 5.02 Å². The monoisotopic (exact) mass is 261 g/mol. The third-order valence-electron chi connectivity index (χ3n) is 3.33. The van der Waals surface area contributed by atoms with Crippen molar-refractivity contribution < 1.29 is 0 Å². The lowest BCUT2D eigenvalue weighted by Crippen LogP contribution is -2.02. The van der Waals surface area contributed by atoms with Crippen LogP contribution < -0.4 is 0 Å². The molecule has 2 heteroatoms. The lowest BCUT2D eigenvalue weighted by atomic mass is 9.97. The fourth-order valence-electron chi connectivity index (χ4n) is 2.54. The molecule has 1 aromatic heterocycles. The zero-order valence-corrected chi connectivity index (χ0v) is 12.1. The summed E-state index contributed by atoms with van der Waals surface area (Å²) in [6, 6.07) is 6.17. The Bertz CT molecular complexity index is 561. The second-order valence-electron chi connectivity index (χ2n) is 4.81. The first kappa shape index (κ1) is 13.4. The number of aryl methyl sites for hydroxylation is 3. The van der Waals surface area contributed by atoms with Crippen molar-refractivity contribution in [3.63, 3.8) is 0 Å². The van der Waals surface area contributed by atoms with Crippen LogP contribution in [-0.4, -0.2) is 4.98 Å². The van der Waals surface area contributed by atoms with Gasteiger partial charge in [-0.05, 0) is 42.8 Å². The zero-order chi connectivity index (χ0) is 13.1. The number of pyridine rings is 1. The average Bonchev–Trinajstić information content (AvgIpc) is 2.35. The van der Waals surface area contributed by atoms with Gasteiger partial charge in [-0.3, -0.25) is 4.98 Å².